The number of aryl methyl sites for hydroxylation is 2. The van der Waals surface area contributed by atoms with Gasteiger partial charge in [-0.05, 0) is 26.3 Å². The number of nitrogens with zero attached hydrogens (tertiary/aromatic N) is 1. The van der Waals surface area contributed by atoms with Crippen molar-refractivity contribution in [3.05, 3.63) is 52.9 Å². The quantitative estimate of drug-likeness (QED) is 0.870. The Kier molecular flexibility index (Phi) is 5.20. The van der Waals surface area contributed by atoms with E-state index in [1.807, 2.05) is 30.3 Å². The molecular weight excluding hydrogens is 316 g/mol. The Morgan fingerprint density at radius 1 is 1.26 bits per heavy atom. The molecule has 1 atom stereocenters. The minimum absolute atomic E-state index is 0.256. The highest BCUT2D eigenvalue weighted by atomic mass is 32.2. The van der Waals surface area contributed by atoms with Crippen molar-refractivity contribution in [1.82, 2.24) is 10.5 Å². The fourth-order valence-corrected chi connectivity index (χ4v) is 3.60. The highest BCUT2D eigenvalue weighted by molar-refractivity contribution is 7.92. The van der Waals surface area contributed by atoms with Gasteiger partial charge in [-0.15, -0.1) is 0 Å². The predicted molar refractivity (Wildman–Crippen MR) is 86.4 cm³/mol. The molecule has 0 spiro atoms. The molecule has 0 unspecified atom stereocenters. The van der Waals surface area contributed by atoms with Crippen LogP contribution in [-0.4, -0.2) is 24.7 Å². The van der Waals surface area contributed by atoms with Crippen molar-refractivity contribution in [2.45, 2.75) is 38.3 Å². The Bertz CT molecular complexity index is 762. The molecule has 6 nitrogen and oxygen atoms in total. The summed E-state index contributed by atoms with van der Waals surface area (Å²) >= 11 is 0. The molecule has 1 heterocycles. The highest BCUT2D eigenvalue weighted by Crippen LogP contribution is 2.18. The zero-order valence-electron chi connectivity index (χ0n) is 13.4. The van der Waals surface area contributed by atoms with Crippen LogP contribution < -0.4 is 5.32 Å². The summed E-state index contributed by atoms with van der Waals surface area (Å²) in [6, 6.07) is 9.33. The zero-order valence-corrected chi connectivity index (χ0v) is 14.2. The van der Waals surface area contributed by atoms with Gasteiger partial charge in [0.2, 0.25) is 5.91 Å². The van der Waals surface area contributed by atoms with E-state index in [9.17, 15) is 13.2 Å². The topological polar surface area (TPSA) is 89.3 Å². The largest absolute Gasteiger partial charge is 0.361 e. The fraction of sp³-hybridized carbons (Fsp3) is 0.375. The molecule has 1 aromatic heterocycles. The second-order valence-corrected chi connectivity index (χ2v) is 7.78. The van der Waals surface area contributed by atoms with E-state index in [0.717, 1.165) is 5.56 Å². The van der Waals surface area contributed by atoms with E-state index in [1.165, 1.54) is 6.92 Å². The van der Waals surface area contributed by atoms with E-state index in [-0.39, 0.29) is 5.75 Å². The summed E-state index contributed by atoms with van der Waals surface area (Å²) < 4.78 is 29.8. The molecule has 7 heteroatoms. The number of carbonyl (C=O) groups excluding carboxylic acids is 1. The molecule has 0 aliphatic carbocycles. The van der Waals surface area contributed by atoms with Crippen LogP contribution in [-0.2, 0) is 26.9 Å². The molecule has 0 saturated heterocycles. The van der Waals surface area contributed by atoms with Crippen LogP contribution in [0.5, 0.6) is 0 Å². The van der Waals surface area contributed by atoms with Crippen molar-refractivity contribution in [1.29, 1.82) is 0 Å². The third-order valence-corrected chi connectivity index (χ3v) is 5.73. The molecule has 0 radical (unpaired) electrons. The Morgan fingerprint density at radius 3 is 2.48 bits per heavy atom. The van der Waals surface area contributed by atoms with E-state index in [4.69, 9.17) is 4.52 Å². The third kappa shape index (κ3) is 4.19. The first kappa shape index (κ1) is 17.2. The molecule has 2 rings (SSSR count). The van der Waals surface area contributed by atoms with E-state index in [0.29, 0.717) is 23.6 Å². The van der Waals surface area contributed by atoms with Crippen LogP contribution in [0.2, 0.25) is 0 Å². The molecule has 1 amide bonds. The number of sulfone groups is 1. The van der Waals surface area contributed by atoms with Gasteiger partial charge in [-0.3, -0.25) is 4.79 Å². The van der Waals surface area contributed by atoms with Crippen molar-refractivity contribution < 1.29 is 17.7 Å². The molecular formula is C16H20N2O4S. The lowest BCUT2D eigenvalue weighted by molar-refractivity contribution is -0.120. The van der Waals surface area contributed by atoms with Gasteiger partial charge < -0.3 is 9.84 Å². The molecule has 0 aliphatic rings. The normalized spacial score (nSPS) is 12.8. The second kappa shape index (κ2) is 6.95. The van der Waals surface area contributed by atoms with Crippen LogP contribution in [0, 0.1) is 13.8 Å². The Morgan fingerprint density at radius 2 is 1.91 bits per heavy atom. The summed E-state index contributed by atoms with van der Waals surface area (Å²) in [6.07, 6.45) is 0. The maximum absolute atomic E-state index is 12.4. The first-order valence-electron chi connectivity index (χ1n) is 7.26. The molecule has 0 bridgehead atoms. The number of rotatable bonds is 6. The number of aromatic nitrogens is 1. The number of carbonyl (C=O) groups is 1. The summed E-state index contributed by atoms with van der Waals surface area (Å²) in [4.78, 5) is 12.1. The molecule has 124 valence electrons. The summed E-state index contributed by atoms with van der Waals surface area (Å²) in [7, 11) is -3.64. The Balaban J connectivity index is 2.03. The van der Waals surface area contributed by atoms with E-state index in [1.54, 1.807) is 13.8 Å². The molecule has 1 aromatic carbocycles. The molecule has 0 fully saturated rings. The summed E-state index contributed by atoms with van der Waals surface area (Å²) in [5, 5.41) is 5.26. The van der Waals surface area contributed by atoms with Gasteiger partial charge >= 0.3 is 0 Å². The minimum atomic E-state index is -3.64. The maximum Gasteiger partial charge on any atom is 0.238 e. The number of nitrogens with one attached hydrogen (secondary N) is 1. The van der Waals surface area contributed by atoms with E-state index in [2.05, 4.69) is 10.5 Å². The lowest BCUT2D eigenvalue weighted by Crippen LogP contribution is -2.38. The minimum Gasteiger partial charge on any atom is -0.361 e. The van der Waals surface area contributed by atoms with Crippen LogP contribution in [0.4, 0.5) is 0 Å². The van der Waals surface area contributed by atoms with Crippen LogP contribution in [0.3, 0.4) is 0 Å². The van der Waals surface area contributed by atoms with Crippen molar-refractivity contribution in [2.75, 3.05) is 0 Å². The first-order valence-corrected chi connectivity index (χ1v) is 8.97. The fourth-order valence-electron chi connectivity index (χ4n) is 2.13. The SMILES string of the molecule is Cc1noc(C)c1CS(=O)(=O)[C@H](C)C(=O)NCc1ccccc1. The first-order chi connectivity index (χ1) is 10.8. The van der Waals surface area contributed by atoms with Gasteiger partial charge in [0.15, 0.2) is 9.84 Å². The van der Waals surface area contributed by atoms with Gasteiger partial charge in [-0.25, -0.2) is 8.42 Å². The molecule has 1 N–H and O–H groups in total. The zero-order chi connectivity index (χ0) is 17.0. The summed E-state index contributed by atoms with van der Waals surface area (Å²) in [6.45, 7) is 5.03. The predicted octanol–water partition coefficient (Wildman–Crippen LogP) is 1.91. The van der Waals surface area contributed by atoms with Crippen molar-refractivity contribution in [2.24, 2.45) is 0 Å². The van der Waals surface area contributed by atoms with Crippen LogP contribution in [0.25, 0.3) is 0 Å². The average molecular weight is 336 g/mol. The van der Waals surface area contributed by atoms with Crippen LogP contribution in [0.1, 0.15) is 29.5 Å². The standard InChI is InChI=1S/C16H20N2O4S/c1-11-15(12(2)22-18-11)10-23(20,21)13(3)16(19)17-9-14-7-5-4-6-8-14/h4-8,13H,9-10H2,1-3H3,(H,17,19)/t13-/m1/s1. The highest BCUT2D eigenvalue weighted by Gasteiger charge is 2.30. The maximum atomic E-state index is 12.4. The summed E-state index contributed by atoms with van der Waals surface area (Å²) in [5.74, 6) is -0.308. The lowest BCUT2D eigenvalue weighted by atomic mass is 10.2. The second-order valence-electron chi connectivity index (χ2n) is 5.46. The van der Waals surface area contributed by atoms with Gasteiger partial charge in [0.1, 0.15) is 11.0 Å². The summed E-state index contributed by atoms with van der Waals surface area (Å²) in [5.41, 5.74) is 1.96. The molecule has 2 aromatic rings. The molecule has 23 heavy (non-hydrogen) atoms. The number of amides is 1. The van der Waals surface area contributed by atoms with Gasteiger partial charge in [0.05, 0.1) is 11.4 Å². The third-order valence-electron chi connectivity index (χ3n) is 3.74. The van der Waals surface area contributed by atoms with Gasteiger partial charge in [-0.1, -0.05) is 35.5 Å². The number of benzene rings is 1. The van der Waals surface area contributed by atoms with E-state index >= 15 is 0 Å². The monoisotopic (exact) mass is 336 g/mol. The molecule has 0 aliphatic heterocycles. The van der Waals surface area contributed by atoms with Crippen molar-refractivity contribution in [3.63, 3.8) is 0 Å². The van der Waals surface area contributed by atoms with E-state index < -0.39 is 21.0 Å². The Hall–Kier alpha value is -2.15. The van der Waals surface area contributed by atoms with Crippen molar-refractivity contribution >= 4 is 15.7 Å². The lowest BCUT2D eigenvalue weighted by Gasteiger charge is -2.13. The van der Waals surface area contributed by atoms with Crippen LogP contribution in [0.15, 0.2) is 34.9 Å². The smallest absolute Gasteiger partial charge is 0.238 e. The molecule has 0 saturated carbocycles. The van der Waals surface area contributed by atoms with Gasteiger partial charge in [0, 0.05) is 12.1 Å². The van der Waals surface area contributed by atoms with Gasteiger partial charge in [-0.2, -0.15) is 0 Å². The number of hydrogen-bond donors (Lipinski definition) is 1. The Labute approximate surface area is 135 Å². The van der Waals surface area contributed by atoms with Gasteiger partial charge in [0.25, 0.3) is 0 Å². The average Bonchev–Trinajstić information content (AvgIpc) is 2.84. The van der Waals surface area contributed by atoms with Crippen molar-refractivity contribution in [3.8, 4) is 0 Å². The van der Waals surface area contributed by atoms with Crippen LogP contribution >= 0.6 is 0 Å². The number of hydrogen-bond acceptors (Lipinski definition) is 5.